The molecule has 3 nitrogen and oxygen atoms in total. The number of benzene rings is 1. The number of amides is 1. The molecule has 0 spiro atoms. The molecule has 2 saturated heterocycles. The molecule has 2 heterocycles. The maximum absolute atomic E-state index is 12.4. The molecule has 0 radical (unpaired) electrons. The third kappa shape index (κ3) is 2.89. The second kappa shape index (κ2) is 5.86. The molecule has 3 atom stereocenters. The van der Waals surface area contributed by atoms with E-state index in [4.69, 9.17) is 11.6 Å². The van der Waals surface area contributed by atoms with Gasteiger partial charge in [-0.05, 0) is 67.7 Å². The van der Waals surface area contributed by atoms with E-state index in [-0.39, 0.29) is 11.9 Å². The molecule has 0 aromatic heterocycles. The highest BCUT2D eigenvalue weighted by Gasteiger charge is 2.34. The van der Waals surface area contributed by atoms with E-state index in [2.05, 4.69) is 16.7 Å². The van der Waals surface area contributed by atoms with Gasteiger partial charge in [0.05, 0.1) is 6.04 Å². The summed E-state index contributed by atoms with van der Waals surface area (Å²) < 4.78 is 0. The van der Waals surface area contributed by atoms with E-state index in [1.807, 2.05) is 12.1 Å². The number of aryl methyl sites for hydroxylation is 1. The summed E-state index contributed by atoms with van der Waals surface area (Å²) >= 11 is 6.05. The van der Waals surface area contributed by atoms with Crippen molar-refractivity contribution in [1.82, 2.24) is 10.6 Å². The fourth-order valence-corrected chi connectivity index (χ4v) is 4.79. The van der Waals surface area contributed by atoms with Crippen molar-refractivity contribution in [3.05, 3.63) is 34.3 Å². The van der Waals surface area contributed by atoms with Gasteiger partial charge >= 0.3 is 0 Å². The summed E-state index contributed by atoms with van der Waals surface area (Å²) in [5.74, 6) is 0.781. The number of hydrogen-bond donors (Lipinski definition) is 2. The van der Waals surface area contributed by atoms with Crippen LogP contribution in [0.4, 0.5) is 0 Å². The maximum atomic E-state index is 12.4. The van der Waals surface area contributed by atoms with Crippen LogP contribution in [0.1, 0.15) is 55.7 Å². The van der Waals surface area contributed by atoms with Crippen molar-refractivity contribution in [1.29, 1.82) is 0 Å². The molecule has 2 bridgehead atoms. The molecule has 4 rings (SSSR count). The first kappa shape index (κ1) is 14.5. The van der Waals surface area contributed by atoms with Crippen LogP contribution in [0, 0.1) is 5.92 Å². The third-order valence-electron chi connectivity index (χ3n) is 5.56. The van der Waals surface area contributed by atoms with Crippen molar-refractivity contribution >= 4 is 17.5 Å². The van der Waals surface area contributed by atoms with E-state index in [0.29, 0.717) is 24.4 Å². The van der Waals surface area contributed by atoms with Crippen LogP contribution in [0.5, 0.6) is 0 Å². The van der Waals surface area contributed by atoms with E-state index in [9.17, 15) is 4.79 Å². The average molecular weight is 319 g/mol. The molecule has 2 aliphatic heterocycles. The molecular formula is C18H23ClN2O. The molecule has 2 fully saturated rings. The lowest BCUT2D eigenvalue weighted by Crippen LogP contribution is -2.40. The average Bonchev–Trinajstić information content (AvgIpc) is 3.02. The van der Waals surface area contributed by atoms with Crippen molar-refractivity contribution in [2.24, 2.45) is 5.92 Å². The Morgan fingerprint density at radius 3 is 2.77 bits per heavy atom. The Bertz CT molecular complexity index is 576. The minimum atomic E-state index is 0.179. The zero-order valence-corrected chi connectivity index (χ0v) is 13.5. The van der Waals surface area contributed by atoms with Crippen LogP contribution in [0.2, 0.25) is 5.02 Å². The number of fused-ring (bicyclic) bond motifs is 3. The van der Waals surface area contributed by atoms with Gasteiger partial charge in [-0.1, -0.05) is 17.7 Å². The number of piperidine rings is 1. The number of carbonyl (C=O) groups is 1. The smallest absolute Gasteiger partial charge is 0.220 e. The van der Waals surface area contributed by atoms with Crippen LogP contribution in [0.3, 0.4) is 0 Å². The predicted molar refractivity (Wildman–Crippen MR) is 87.9 cm³/mol. The third-order valence-corrected chi connectivity index (χ3v) is 5.80. The number of carbonyl (C=O) groups excluding carboxylic acids is 1. The van der Waals surface area contributed by atoms with Crippen LogP contribution in [-0.2, 0) is 11.2 Å². The lowest BCUT2D eigenvalue weighted by molar-refractivity contribution is -0.123. The van der Waals surface area contributed by atoms with Crippen LogP contribution in [0.15, 0.2) is 18.2 Å². The standard InChI is InChI=1S/C18H23ClN2O/c19-13-2-5-16-12(10-13)1-6-17(16)21-18(22)9-11-7-14-3-4-15(8-11)20-14/h2,5,10-11,14-15,17,20H,1,3-4,6-9H2,(H,21,22). The summed E-state index contributed by atoms with van der Waals surface area (Å²) in [5, 5.41) is 7.68. The summed E-state index contributed by atoms with van der Waals surface area (Å²) in [5.41, 5.74) is 2.54. The summed E-state index contributed by atoms with van der Waals surface area (Å²) in [7, 11) is 0. The minimum absolute atomic E-state index is 0.179. The van der Waals surface area contributed by atoms with Crippen molar-refractivity contribution in [3.63, 3.8) is 0 Å². The second-order valence-corrected chi connectivity index (χ2v) is 7.62. The molecule has 2 N–H and O–H groups in total. The second-order valence-electron chi connectivity index (χ2n) is 7.18. The number of nitrogens with one attached hydrogen (secondary N) is 2. The van der Waals surface area contributed by atoms with E-state index in [0.717, 1.165) is 17.9 Å². The molecule has 22 heavy (non-hydrogen) atoms. The van der Waals surface area contributed by atoms with Crippen LogP contribution in [0.25, 0.3) is 0 Å². The molecule has 4 heteroatoms. The number of halogens is 1. The molecule has 3 aliphatic rings. The van der Waals surface area contributed by atoms with E-state index in [1.54, 1.807) is 0 Å². The van der Waals surface area contributed by atoms with Crippen molar-refractivity contribution in [3.8, 4) is 0 Å². The summed E-state index contributed by atoms with van der Waals surface area (Å²) in [6.45, 7) is 0. The topological polar surface area (TPSA) is 41.1 Å². The lowest BCUT2D eigenvalue weighted by Gasteiger charge is -2.29. The van der Waals surface area contributed by atoms with Gasteiger partial charge in [0, 0.05) is 23.5 Å². The van der Waals surface area contributed by atoms with Gasteiger partial charge in [0.25, 0.3) is 0 Å². The molecular weight excluding hydrogens is 296 g/mol. The Labute approximate surface area is 136 Å². The Hall–Kier alpha value is -1.06. The first-order valence-corrected chi connectivity index (χ1v) is 8.89. The molecule has 1 aromatic rings. The number of hydrogen-bond acceptors (Lipinski definition) is 2. The van der Waals surface area contributed by atoms with Gasteiger partial charge in [-0.15, -0.1) is 0 Å². The Balaban J connectivity index is 1.35. The zero-order valence-electron chi connectivity index (χ0n) is 12.8. The van der Waals surface area contributed by atoms with Gasteiger partial charge in [-0.3, -0.25) is 4.79 Å². The van der Waals surface area contributed by atoms with Crippen molar-refractivity contribution < 1.29 is 4.79 Å². The molecule has 0 saturated carbocycles. The lowest BCUT2D eigenvalue weighted by atomic mass is 9.89. The van der Waals surface area contributed by atoms with Gasteiger partial charge in [0.2, 0.25) is 5.91 Å². The highest BCUT2D eigenvalue weighted by molar-refractivity contribution is 6.30. The molecule has 1 amide bonds. The summed E-state index contributed by atoms with van der Waals surface area (Å²) in [4.78, 5) is 12.4. The van der Waals surface area contributed by atoms with Gasteiger partial charge in [0.15, 0.2) is 0 Å². The van der Waals surface area contributed by atoms with Crippen molar-refractivity contribution in [2.75, 3.05) is 0 Å². The fourth-order valence-electron chi connectivity index (χ4n) is 4.59. The van der Waals surface area contributed by atoms with Crippen LogP contribution < -0.4 is 10.6 Å². The predicted octanol–water partition coefficient (Wildman–Crippen LogP) is 3.36. The molecule has 3 unspecified atom stereocenters. The van der Waals surface area contributed by atoms with E-state index < -0.39 is 0 Å². The Kier molecular flexibility index (Phi) is 3.87. The normalized spacial score (nSPS) is 32.8. The van der Waals surface area contributed by atoms with Gasteiger partial charge in [-0.25, -0.2) is 0 Å². The number of rotatable bonds is 3. The zero-order chi connectivity index (χ0) is 15.1. The SMILES string of the molecule is O=C(CC1CC2CCC(C1)N2)NC1CCc2cc(Cl)ccc21. The highest BCUT2D eigenvalue weighted by atomic mass is 35.5. The van der Waals surface area contributed by atoms with E-state index in [1.165, 1.54) is 36.8 Å². The van der Waals surface area contributed by atoms with Crippen LogP contribution in [-0.4, -0.2) is 18.0 Å². The first-order chi connectivity index (χ1) is 10.7. The van der Waals surface area contributed by atoms with E-state index >= 15 is 0 Å². The summed E-state index contributed by atoms with van der Waals surface area (Å²) in [6.07, 6.45) is 7.62. The van der Waals surface area contributed by atoms with Gasteiger partial charge in [-0.2, -0.15) is 0 Å². The largest absolute Gasteiger partial charge is 0.349 e. The first-order valence-electron chi connectivity index (χ1n) is 8.51. The fraction of sp³-hybridized carbons (Fsp3) is 0.611. The Morgan fingerprint density at radius 2 is 2.00 bits per heavy atom. The molecule has 118 valence electrons. The molecule has 1 aromatic carbocycles. The maximum Gasteiger partial charge on any atom is 0.220 e. The monoisotopic (exact) mass is 318 g/mol. The van der Waals surface area contributed by atoms with Gasteiger partial charge < -0.3 is 10.6 Å². The van der Waals surface area contributed by atoms with Crippen molar-refractivity contribution in [2.45, 2.75) is 63.1 Å². The Morgan fingerprint density at radius 1 is 1.23 bits per heavy atom. The minimum Gasteiger partial charge on any atom is -0.349 e. The van der Waals surface area contributed by atoms with Gasteiger partial charge in [0.1, 0.15) is 0 Å². The quantitative estimate of drug-likeness (QED) is 0.897. The van der Waals surface area contributed by atoms with Crippen LogP contribution >= 0.6 is 11.6 Å². The summed E-state index contributed by atoms with van der Waals surface area (Å²) in [6, 6.07) is 7.53. The highest BCUT2D eigenvalue weighted by Crippen LogP contribution is 2.35. The molecule has 1 aliphatic carbocycles.